The molecular weight excluding hydrogens is 298 g/mol. The second-order valence-corrected chi connectivity index (χ2v) is 6.20. The molecule has 1 aliphatic heterocycles. The van der Waals surface area contributed by atoms with E-state index >= 15 is 0 Å². The average molecular weight is 313 g/mol. The minimum Gasteiger partial charge on any atom is -0.312 e. The lowest BCUT2D eigenvalue weighted by Crippen LogP contribution is -2.51. The number of halogens is 3. The minimum absolute atomic E-state index is 0. The first-order valence-corrected chi connectivity index (χ1v) is 7.04. The summed E-state index contributed by atoms with van der Waals surface area (Å²) >= 11 is 0. The molecule has 0 aromatic heterocycles. The van der Waals surface area contributed by atoms with E-state index in [9.17, 15) is 17.2 Å². The second-order valence-electron chi connectivity index (χ2n) is 4.29. The van der Waals surface area contributed by atoms with Crippen LogP contribution in [0.15, 0.2) is 23.1 Å². The summed E-state index contributed by atoms with van der Waals surface area (Å²) in [5, 5.41) is 3.10. The fourth-order valence-electron chi connectivity index (χ4n) is 1.94. The molecule has 1 unspecified atom stereocenters. The topological polar surface area (TPSA) is 49.4 Å². The molecule has 1 atom stereocenters. The molecule has 0 bridgehead atoms. The molecule has 2 rings (SSSR count). The van der Waals surface area contributed by atoms with Gasteiger partial charge in [0.05, 0.1) is 0 Å². The third kappa shape index (κ3) is 3.42. The number of nitrogens with zero attached hydrogens (tertiary/aromatic N) is 1. The van der Waals surface area contributed by atoms with Crippen molar-refractivity contribution in [1.29, 1.82) is 0 Å². The zero-order chi connectivity index (χ0) is 13.3. The van der Waals surface area contributed by atoms with Crippen molar-refractivity contribution in [2.45, 2.75) is 17.9 Å². The Bertz CT molecular complexity index is 554. The maximum absolute atomic E-state index is 13.5. The first kappa shape index (κ1) is 16.3. The van der Waals surface area contributed by atoms with Gasteiger partial charge >= 0.3 is 0 Å². The van der Waals surface area contributed by atoms with E-state index in [1.54, 1.807) is 0 Å². The Labute approximate surface area is 117 Å². The Kier molecular flexibility index (Phi) is 5.26. The van der Waals surface area contributed by atoms with Crippen molar-refractivity contribution in [2.75, 3.05) is 19.6 Å². The van der Waals surface area contributed by atoms with Gasteiger partial charge in [0.15, 0.2) is 0 Å². The monoisotopic (exact) mass is 312 g/mol. The van der Waals surface area contributed by atoms with E-state index in [-0.39, 0.29) is 31.5 Å². The predicted molar refractivity (Wildman–Crippen MR) is 69.8 cm³/mol. The Morgan fingerprint density at radius 3 is 2.63 bits per heavy atom. The van der Waals surface area contributed by atoms with Gasteiger partial charge in [0.25, 0.3) is 0 Å². The number of nitrogens with one attached hydrogen (secondary N) is 1. The highest BCUT2D eigenvalue weighted by Crippen LogP contribution is 2.21. The molecule has 1 N–H and O–H groups in total. The SMILES string of the molecule is CC1CN(S(=O)(=O)c2ccc(F)cc2F)CCN1.Cl. The van der Waals surface area contributed by atoms with Gasteiger partial charge in [-0.15, -0.1) is 12.4 Å². The molecule has 19 heavy (non-hydrogen) atoms. The second kappa shape index (κ2) is 6.13. The van der Waals surface area contributed by atoms with Crippen LogP contribution in [0.1, 0.15) is 6.92 Å². The zero-order valence-electron chi connectivity index (χ0n) is 10.3. The summed E-state index contributed by atoms with van der Waals surface area (Å²) in [6, 6.07) is 2.50. The third-order valence-corrected chi connectivity index (χ3v) is 4.74. The van der Waals surface area contributed by atoms with Crippen LogP contribution in [0.4, 0.5) is 8.78 Å². The molecule has 1 heterocycles. The molecule has 4 nitrogen and oxygen atoms in total. The number of piperazine rings is 1. The summed E-state index contributed by atoms with van der Waals surface area (Å²) in [6.07, 6.45) is 0. The summed E-state index contributed by atoms with van der Waals surface area (Å²) in [5.74, 6) is -1.85. The fraction of sp³-hybridized carbons (Fsp3) is 0.455. The number of hydrogen-bond acceptors (Lipinski definition) is 3. The van der Waals surface area contributed by atoms with E-state index in [1.807, 2.05) is 6.92 Å². The fourth-order valence-corrected chi connectivity index (χ4v) is 3.51. The van der Waals surface area contributed by atoms with Crippen LogP contribution >= 0.6 is 12.4 Å². The maximum atomic E-state index is 13.5. The van der Waals surface area contributed by atoms with Crippen LogP contribution in [0.25, 0.3) is 0 Å². The zero-order valence-corrected chi connectivity index (χ0v) is 11.9. The van der Waals surface area contributed by atoms with Crippen LogP contribution in [-0.4, -0.2) is 38.4 Å². The normalized spacial score (nSPS) is 20.9. The van der Waals surface area contributed by atoms with Crippen LogP contribution in [0, 0.1) is 11.6 Å². The van der Waals surface area contributed by atoms with E-state index in [1.165, 1.54) is 4.31 Å². The van der Waals surface area contributed by atoms with Gasteiger partial charge in [-0.2, -0.15) is 4.31 Å². The smallest absolute Gasteiger partial charge is 0.246 e. The molecule has 8 heteroatoms. The Balaban J connectivity index is 0.00000180. The highest BCUT2D eigenvalue weighted by molar-refractivity contribution is 7.89. The maximum Gasteiger partial charge on any atom is 0.246 e. The first-order chi connectivity index (χ1) is 8.41. The molecule has 0 aliphatic carbocycles. The van der Waals surface area contributed by atoms with Crippen molar-refractivity contribution in [3.63, 3.8) is 0 Å². The van der Waals surface area contributed by atoms with Crippen LogP contribution in [-0.2, 0) is 10.0 Å². The molecule has 1 fully saturated rings. The molecule has 1 aromatic carbocycles. The van der Waals surface area contributed by atoms with E-state index < -0.39 is 26.6 Å². The lowest BCUT2D eigenvalue weighted by Gasteiger charge is -2.31. The number of sulfonamides is 1. The van der Waals surface area contributed by atoms with Crippen LogP contribution < -0.4 is 5.32 Å². The third-order valence-electron chi connectivity index (χ3n) is 2.84. The molecule has 0 amide bonds. The van der Waals surface area contributed by atoms with Crippen molar-refractivity contribution in [3.05, 3.63) is 29.8 Å². The number of benzene rings is 1. The van der Waals surface area contributed by atoms with Crippen molar-refractivity contribution >= 4 is 22.4 Å². The largest absolute Gasteiger partial charge is 0.312 e. The van der Waals surface area contributed by atoms with Crippen molar-refractivity contribution < 1.29 is 17.2 Å². The molecule has 1 aliphatic rings. The average Bonchev–Trinajstić information content (AvgIpc) is 2.28. The summed E-state index contributed by atoms with van der Waals surface area (Å²) < 4.78 is 51.9. The highest BCUT2D eigenvalue weighted by Gasteiger charge is 2.30. The summed E-state index contributed by atoms with van der Waals surface area (Å²) in [4.78, 5) is -0.474. The summed E-state index contributed by atoms with van der Waals surface area (Å²) in [5.41, 5.74) is 0. The lowest BCUT2D eigenvalue weighted by atomic mass is 10.3. The Hall–Kier alpha value is -0.760. The van der Waals surface area contributed by atoms with Gasteiger partial charge in [-0.05, 0) is 19.1 Å². The lowest BCUT2D eigenvalue weighted by molar-refractivity contribution is 0.309. The van der Waals surface area contributed by atoms with E-state index in [0.717, 1.165) is 12.1 Å². The van der Waals surface area contributed by atoms with Gasteiger partial charge in [0.1, 0.15) is 16.5 Å². The molecule has 1 saturated heterocycles. The molecule has 0 spiro atoms. The van der Waals surface area contributed by atoms with Crippen molar-refractivity contribution in [3.8, 4) is 0 Å². The van der Waals surface area contributed by atoms with Crippen LogP contribution in [0.5, 0.6) is 0 Å². The van der Waals surface area contributed by atoms with Gasteiger partial charge < -0.3 is 5.32 Å². The predicted octanol–water partition coefficient (Wildman–Crippen LogP) is 1.37. The molecule has 0 radical (unpaired) electrons. The molecular formula is C11H15ClF2N2O2S. The summed E-state index contributed by atoms with van der Waals surface area (Å²) in [7, 11) is -3.89. The van der Waals surface area contributed by atoms with E-state index in [0.29, 0.717) is 12.6 Å². The number of rotatable bonds is 2. The Morgan fingerprint density at radius 1 is 1.37 bits per heavy atom. The standard InChI is InChI=1S/C11H14F2N2O2S.ClH/c1-8-7-15(5-4-14-8)18(16,17)11-3-2-9(12)6-10(11)13;/h2-3,6,8,14H,4-5,7H2,1H3;1H. The van der Waals surface area contributed by atoms with Crippen molar-refractivity contribution in [1.82, 2.24) is 9.62 Å². The van der Waals surface area contributed by atoms with Gasteiger partial charge in [0, 0.05) is 31.7 Å². The van der Waals surface area contributed by atoms with Gasteiger partial charge in [-0.25, -0.2) is 17.2 Å². The molecule has 0 saturated carbocycles. The van der Waals surface area contributed by atoms with Gasteiger partial charge in [0.2, 0.25) is 10.0 Å². The van der Waals surface area contributed by atoms with E-state index in [2.05, 4.69) is 5.32 Å². The molecule has 108 valence electrons. The highest BCUT2D eigenvalue weighted by atomic mass is 35.5. The van der Waals surface area contributed by atoms with Crippen LogP contribution in [0.2, 0.25) is 0 Å². The van der Waals surface area contributed by atoms with Crippen molar-refractivity contribution in [2.24, 2.45) is 0 Å². The number of hydrogen-bond donors (Lipinski definition) is 1. The van der Waals surface area contributed by atoms with Gasteiger partial charge in [-0.3, -0.25) is 0 Å². The summed E-state index contributed by atoms with van der Waals surface area (Å²) in [6.45, 7) is 2.93. The van der Waals surface area contributed by atoms with Crippen LogP contribution in [0.3, 0.4) is 0 Å². The quantitative estimate of drug-likeness (QED) is 0.897. The van der Waals surface area contributed by atoms with E-state index in [4.69, 9.17) is 0 Å². The molecule has 1 aromatic rings. The minimum atomic E-state index is -3.89. The first-order valence-electron chi connectivity index (χ1n) is 5.60. The van der Waals surface area contributed by atoms with Gasteiger partial charge in [-0.1, -0.05) is 0 Å². The Morgan fingerprint density at radius 2 is 2.05 bits per heavy atom.